The summed E-state index contributed by atoms with van der Waals surface area (Å²) < 4.78 is 21.9. The Labute approximate surface area is 154 Å². The molecule has 141 valence electrons. The molecule has 5 heteroatoms. The molecule has 0 atom stereocenters. The van der Waals surface area contributed by atoms with Crippen LogP contribution in [-0.4, -0.2) is 30.4 Å². The van der Waals surface area contributed by atoms with Gasteiger partial charge in [-0.1, -0.05) is 0 Å². The standard InChI is InChI=1S/C5H5.3C4H9O.C2H7Ge.Zr/c1-2-4-5-3-1;3*1-2-3-4-5;1-3-2;/h1-3H,4H2;3*2-4H2,1H3;3H,1-2H3;/q;3*-1;;+3. The molecule has 0 aromatic heterocycles. The van der Waals surface area contributed by atoms with Crippen molar-refractivity contribution >= 4 is 10.6 Å². The minimum absolute atomic E-state index is 0.792. The molecular formula is C19H39GeO3Zr. The number of unbranched alkanes of at least 4 members (excludes halogenated alkanes) is 3. The first kappa shape index (κ1) is 22.8. The van der Waals surface area contributed by atoms with E-state index in [0.717, 1.165) is 64.8 Å². The molecule has 0 bridgehead atoms. The van der Waals surface area contributed by atoms with Gasteiger partial charge in [0.05, 0.1) is 0 Å². The van der Waals surface area contributed by atoms with Crippen LogP contribution in [0.4, 0.5) is 0 Å². The zero-order valence-corrected chi connectivity index (χ0v) is 21.5. The zero-order chi connectivity index (χ0) is 17.9. The quantitative estimate of drug-likeness (QED) is 0.236. The first-order chi connectivity index (χ1) is 11.6. The van der Waals surface area contributed by atoms with Crippen LogP contribution in [0.5, 0.6) is 0 Å². The van der Waals surface area contributed by atoms with Crippen molar-refractivity contribution in [2.24, 2.45) is 0 Å². The van der Waals surface area contributed by atoms with E-state index in [1.165, 1.54) is 3.28 Å². The van der Waals surface area contributed by atoms with Gasteiger partial charge in [0.2, 0.25) is 0 Å². The molecule has 1 aliphatic carbocycles. The Kier molecular flexibility index (Phi) is 10.9. The summed E-state index contributed by atoms with van der Waals surface area (Å²) in [5, 5.41) is 0. The molecule has 0 spiro atoms. The zero-order valence-electron chi connectivity index (χ0n) is 16.6. The van der Waals surface area contributed by atoms with E-state index in [4.69, 9.17) is 8.44 Å². The van der Waals surface area contributed by atoms with Crippen LogP contribution >= 0.6 is 0 Å². The summed E-state index contributed by atoms with van der Waals surface area (Å²) in [6.45, 7) is 9.03. The predicted molar refractivity (Wildman–Crippen MR) is 103 cm³/mol. The molecule has 0 fully saturated rings. The van der Waals surface area contributed by atoms with Crippen molar-refractivity contribution in [3.63, 3.8) is 0 Å². The molecule has 0 unspecified atom stereocenters. The normalized spacial score (nSPS) is 16.4. The van der Waals surface area contributed by atoms with Crippen molar-refractivity contribution in [3.05, 3.63) is 21.5 Å². The van der Waals surface area contributed by atoms with Gasteiger partial charge in [0.1, 0.15) is 0 Å². The Balaban J connectivity index is 3.20. The molecule has 24 heavy (non-hydrogen) atoms. The van der Waals surface area contributed by atoms with Gasteiger partial charge >= 0.3 is 155 Å². The Morgan fingerprint density at radius 3 is 1.62 bits per heavy atom. The number of rotatable bonds is 14. The third kappa shape index (κ3) is 5.39. The molecule has 0 heterocycles. The van der Waals surface area contributed by atoms with Gasteiger partial charge < -0.3 is 0 Å². The van der Waals surface area contributed by atoms with E-state index >= 15 is 0 Å². The van der Waals surface area contributed by atoms with E-state index in [9.17, 15) is 0 Å². The Hall–Kier alpha value is 0.786. The topological polar surface area (TPSA) is 27.7 Å². The van der Waals surface area contributed by atoms with E-state index in [-0.39, 0.29) is 0 Å². The fourth-order valence-electron chi connectivity index (χ4n) is 3.28. The third-order valence-corrected chi connectivity index (χ3v) is 54.7. The molecule has 0 saturated carbocycles. The maximum atomic E-state index is 6.84. The Morgan fingerprint density at radius 2 is 1.33 bits per heavy atom. The second-order valence-electron chi connectivity index (χ2n) is 7.14. The van der Waals surface area contributed by atoms with Gasteiger partial charge in [-0.3, -0.25) is 0 Å². The van der Waals surface area contributed by atoms with Crippen LogP contribution in [0.3, 0.4) is 0 Å². The summed E-state index contributed by atoms with van der Waals surface area (Å²) in [6.07, 6.45) is 14.4. The van der Waals surface area contributed by atoms with E-state index in [1.54, 1.807) is 0 Å². The SMILES string of the molecule is CCCC[O][Zr]([O]CCCC)([O]CCCC)([C]1=CC=CC1)[GeH]([CH3])[CH3]. The second-order valence-corrected chi connectivity index (χ2v) is 48.0. The van der Waals surface area contributed by atoms with Crippen molar-refractivity contribution in [2.45, 2.75) is 77.2 Å². The summed E-state index contributed by atoms with van der Waals surface area (Å²) in [5.74, 6) is 4.86. The third-order valence-electron chi connectivity index (χ3n) is 4.97. The van der Waals surface area contributed by atoms with Gasteiger partial charge in [-0.2, -0.15) is 0 Å². The van der Waals surface area contributed by atoms with Crippen LogP contribution in [0, 0.1) is 0 Å². The molecule has 0 N–H and O–H groups in total. The van der Waals surface area contributed by atoms with Crippen LogP contribution in [0.2, 0.25) is 11.5 Å². The average molecular weight is 479 g/mol. The number of hydrogen-bond acceptors (Lipinski definition) is 3. The van der Waals surface area contributed by atoms with Gasteiger partial charge in [0, 0.05) is 0 Å². The van der Waals surface area contributed by atoms with Crippen LogP contribution < -0.4 is 0 Å². The fourth-order valence-corrected chi connectivity index (χ4v) is 44.3. The predicted octanol–water partition coefficient (Wildman–Crippen LogP) is 5.70. The Bertz CT molecular complexity index is 392. The maximum absolute atomic E-state index is 6.84. The monoisotopic (exact) mass is 479 g/mol. The van der Waals surface area contributed by atoms with Crippen molar-refractivity contribution in [2.75, 3.05) is 19.8 Å². The first-order valence-electron chi connectivity index (χ1n) is 10.0. The van der Waals surface area contributed by atoms with Crippen molar-refractivity contribution < 1.29 is 26.0 Å². The molecule has 1 rings (SSSR count). The van der Waals surface area contributed by atoms with Crippen molar-refractivity contribution in [3.8, 4) is 0 Å². The second kappa shape index (κ2) is 11.5. The summed E-state index contributed by atoms with van der Waals surface area (Å²) >= 11 is -4.24. The summed E-state index contributed by atoms with van der Waals surface area (Å²) in [7, 11) is -1.86. The number of hydrogen-bond donors (Lipinski definition) is 0. The van der Waals surface area contributed by atoms with Crippen molar-refractivity contribution in [1.29, 1.82) is 0 Å². The summed E-state index contributed by atoms with van der Waals surface area (Å²) in [6, 6.07) is 0. The van der Waals surface area contributed by atoms with Crippen LogP contribution in [0.25, 0.3) is 0 Å². The molecule has 0 aromatic carbocycles. The molecule has 0 aromatic rings. The fraction of sp³-hybridized carbons (Fsp3) is 0.789. The van der Waals surface area contributed by atoms with Gasteiger partial charge in [0.25, 0.3) is 0 Å². The molecular weight excluding hydrogens is 440 g/mol. The van der Waals surface area contributed by atoms with E-state index < -0.39 is 28.2 Å². The summed E-state index contributed by atoms with van der Waals surface area (Å²) in [5.41, 5.74) is 0. The first-order valence-corrected chi connectivity index (χ1v) is 27.7. The van der Waals surface area contributed by atoms with E-state index in [1.807, 2.05) is 0 Å². The average Bonchev–Trinajstić information content (AvgIpc) is 3.10. The summed E-state index contributed by atoms with van der Waals surface area (Å²) in [4.78, 5) is 0. The molecule has 1 aliphatic rings. The van der Waals surface area contributed by atoms with Gasteiger partial charge in [-0.05, 0) is 0 Å². The van der Waals surface area contributed by atoms with Crippen LogP contribution in [-0.2, 0) is 26.0 Å². The van der Waals surface area contributed by atoms with Crippen molar-refractivity contribution in [1.82, 2.24) is 0 Å². The minimum atomic E-state index is -4.24. The molecule has 0 aliphatic heterocycles. The Morgan fingerprint density at radius 1 is 0.875 bits per heavy atom. The van der Waals surface area contributed by atoms with Crippen LogP contribution in [0.1, 0.15) is 65.7 Å². The molecule has 0 amide bonds. The molecule has 3 nitrogen and oxygen atoms in total. The van der Waals surface area contributed by atoms with Gasteiger partial charge in [-0.25, -0.2) is 0 Å². The van der Waals surface area contributed by atoms with Crippen LogP contribution in [0.15, 0.2) is 21.5 Å². The molecule has 0 radical (unpaired) electrons. The van der Waals surface area contributed by atoms with E-state index in [0.29, 0.717) is 0 Å². The van der Waals surface area contributed by atoms with E-state index in [2.05, 4.69) is 50.5 Å². The molecule has 0 saturated heterocycles. The van der Waals surface area contributed by atoms with Gasteiger partial charge in [0.15, 0.2) is 0 Å². The van der Waals surface area contributed by atoms with Gasteiger partial charge in [-0.15, -0.1) is 0 Å². The number of allylic oxidation sites excluding steroid dienone is 4.